The average Bonchev–Trinajstić information content (AvgIpc) is 3.26. The van der Waals surface area contributed by atoms with Gasteiger partial charge in [0, 0.05) is 18.3 Å². The molecule has 24 heavy (non-hydrogen) atoms. The van der Waals surface area contributed by atoms with Gasteiger partial charge in [-0.3, -0.25) is 14.4 Å². The summed E-state index contributed by atoms with van der Waals surface area (Å²) in [6.45, 7) is 3.10. The van der Waals surface area contributed by atoms with Crippen LogP contribution in [0.1, 0.15) is 24.8 Å². The van der Waals surface area contributed by atoms with Gasteiger partial charge in [0.2, 0.25) is 5.91 Å². The Morgan fingerprint density at radius 2 is 2.12 bits per heavy atom. The monoisotopic (exact) mass is 325 g/mol. The van der Waals surface area contributed by atoms with Gasteiger partial charge < -0.3 is 4.90 Å². The number of likely N-dealkylation sites (tertiary alicyclic amines) is 1. The summed E-state index contributed by atoms with van der Waals surface area (Å²) in [5, 5.41) is 4.21. The van der Waals surface area contributed by atoms with Crippen LogP contribution in [0.2, 0.25) is 0 Å². The predicted octanol–water partition coefficient (Wildman–Crippen LogP) is 1.72. The third-order valence-electron chi connectivity index (χ3n) is 5.14. The van der Waals surface area contributed by atoms with E-state index in [2.05, 4.69) is 27.1 Å². The Hall–Kier alpha value is -2.21. The molecule has 1 aromatic carbocycles. The molecule has 0 radical (unpaired) electrons. The minimum Gasteiger partial charge on any atom is -0.311 e. The Morgan fingerprint density at radius 3 is 3.00 bits per heavy atom. The van der Waals surface area contributed by atoms with Crippen molar-refractivity contribution in [1.82, 2.24) is 19.7 Å². The van der Waals surface area contributed by atoms with Crippen molar-refractivity contribution in [1.29, 1.82) is 0 Å². The van der Waals surface area contributed by atoms with Crippen molar-refractivity contribution in [3.05, 3.63) is 42.5 Å². The van der Waals surface area contributed by atoms with Gasteiger partial charge in [-0.05, 0) is 37.4 Å². The molecule has 3 heterocycles. The molecule has 2 aliphatic rings. The summed E-state index contributed by atoms with van der Waals surface area (Å²) < 4.78 is 1.87. The molecule has 1 amide bonds. The third-order valence-corrected chi connectivity index (χ3v) is 5.14. The van der Waals surface area contributed by atoms with Crippen molar-refractivity contribution in [2.45, 2.75) is 38.3 Å². The molecular weight excluding hydrogens is 302 g/mol. The molecule has 0 aliphatic carbocycles. The molecule has 0 N–H and O–H groups in total. The van der Waals surface area contributed by atoms with E-state index in [1.54, 1.807) is 12.7 Å². The summed E-state index contributed by atoms with van der Waals surface area (Å²) in [5.41, 5.74) is 2.37. The van der Waals surface area contributed by atoms with E-state index in [1.807, 2.05) is 21.7 Å². The molecule has 2 aliphatic heterocycles. The number of carbonyl (C=O) groups excluding carboxylic acids is 1. The second-order valence-electron chi connectivity index (χ2n) is 6.66. The molecule has 0 unspecified atom stereocenters. The van der Waals surface area contributed by atoms with Crippen LogP contribution in [-0.4, -0.2) is 51.2 Å². The van der Waals surface area contributed by atoms with E-state index in [-0.39, 0.29) is 5.91 Å². The van der Waals surface area contributed by atoms with Crippen molar-refractivity contribution in [2.24, 2.45) is 0 Å². The molecule has 2 aromatic rings. The Labute approximate surface area is 142 Å². The van der Waals surface area contributed by atoms with E-state index in [9.17, 15) is 4.79 Å². The highest BCUT2D eigenvalue weighted by Gasteiger charge is 2.29. The van der Waals surface area contributed by atoms with Gasteiger partial charge in [0.05, 0.1) is 13.1 Å². The standard InChI is InChI=1S/C18H23N5O/c24-18(23-10-8-15-5-1-2-7-17(15)23)12-21-9-4-3-6-16(21)11-22-14-19-13-20-22/h1-2,5,7,13-14,16H,3-4,6,8-12H2/t16-/m0/s1. The number of carbonyl (C=O) groups is 1. The molecule has 1 fully saturated rings. The number of para-hydroxylation sites is 1. The second kappa shape index (κ2) is 6.73. The summed E-state index contributed by atoms with van der Waals surface area (Å²) >= 11 is 0. The third kappa shape index (κ3) is 3.06. The van der Waals surface area contributed by atoms with Crippen LogP contribution >= 0.6 is 0 Å². The van der Waals surface area contributed by atoms with Gasteiger partial charge in [0.1, 0.15) is 12.7 Å². The first-order valence-electron chi connectivity index (χ1n) is 8.76. The lowest BCUT2D eigenvalue weighted by atomic mass is 10.0. The SMILES string of the molecule is O=C(CN1CCCC[C@H]1Cn1cncn1)N1CCc2ccccc21. The van der Waals surface area contributed by atoms with E-state index in [1.165, 1.54) is 12.0 Å². The maximum atomic E-state index is 12.9. The van der Waals surface area contributed by atoms with Crippen LogP contribution in [0.25, 0.3) is 0 Å². The molecule has 1 atom stereocenters. The summed E-state index contributed by atoms with van der Waals surface area (Å²) in [6, 6.07) is 8.60. The van der Waals surface area contributed by atoms with E-state index < -0.39 is 0 Å². The van der Waals surface area contributed by atoms with Gasteiger partial charge in [0.15, 0.2) is 0 Å². The smallest absolute Gasteiger partial charge is 0.241 e. The van der Waals surface area contributed by atoms with E-state index in [0.29, 0.717) is 12.6 Å². The fraction of sp³-hybridized carbons (Fsp3) is 0.500. The van der Waals surface area contributed by atoms with Crippen LogP contribution in [0, 0.1) is 0 Å². The Bertz CT molecular complexity index is 699. The minimum atomic E-state index is 0.213. The number of nitrogens with zero attached hydrogens (tertiary/aromatic N) is 5. The Balaban J connectivity index is 1.44. The molecule has 1 aromatic heterocycles. The highest BCUT2D eigenvalue weighted by Crippen LogP contribution is 2.28. The fourth-order valence-corrected chi connectivity index (χ4v) is 3.87. The molecule has 6 heteroatoms. The number of rotatable bonds is 4. The number of aromatic nitrogens is 3. The normalized spacial score (nSPS) is 21.0. The number of anilines is 1. The number of amides is 1. The zero-order valence-corrected chi connectivity index (χ0v) is 13.8. The number of fused-ring (bicyclic) bond motifs is 1. The Kier molecular flexibility index (Phi) is 4.30. The van der Waals surface area contributed by atoms with Gasteiger partial charge >= 0.3 is 0 Å². The van der Waals surface area contributed by atoms with Gasteiger partial charge in [-0.2, -0.15) is 5.10 Å². The summed E-state index contributed by atoms with van der Waals surface area (Å²) in [5.74, 6) is 0.213. The number of benzene rings is 1. The molecule has 4 rings (SSSR count). The maximum Gasteiger partial charge on any atom is 0.241 e. The fourth-order valence-electron chi connectivity index (χ4n) is 3.87. The van der Waals surface area contributed by atoms with Crippen LogP contribution in [0.5, 0.6) is 0 Å². The van der Waals surface area contributed by atoms with Crippen LogP contribution in [0.15, 0.2) is 36.9 Å². The lowest BCUT2D eigenvalue weighted by Crippen LogP contribution is -2.48. The largest absolute Gasteiger partial charge is 0.311 e. The number of piperidine rings is 1. The average molecular weight is 325 g/mol. The zero-order chi connectivity index (χ0) is 16.4. The molecule has 0 bridgehead atoms. The predicted molar refractivity (Wildman–Crippen MR) is 91.7 cm³/mol. The van der Waals surface area contributed by atoms with E-state index >= 15 is 0 Å². The van der Waals surface area contributed by atoms with Crippen LogP contribution in [0.4, 0.5) is 5.69 Å². The zero-order valence-electron chi connectivity index (χ0n) is 13.8. The van der Waals surface area contributed by atoms with Crippen LogP contribution < -0.4 is 4.90 Å². The topological polar surface area (TPSA) is 54.3 Å². The van der Waals surface area contributed by atoms with Gasteiger partial charge in [0.25, 0.3) is 0 Å². The highest BCUT2D eigenvalue weighted by molar-refractivity contribution is 5.96. The van der Waals surface area contributed by atoms with E-state index in [4.69, 9.17) is 0 Å². The Morgan fingerprint density at radius 1 is 1.21 bits per heavy atom. The quantitative estimate of drug-likeness (QED) is 0.859. The molecule has 0 spiro atoms. The first-order chi connectivity index (χ1) is 11.8. The second-order valence-corrected chi connectivity index (χ2v) is 6.66. The number of hydrogen-bond donors (Lipinski definition) is 0. The molecule has 1 saturated heterocycles. The molecule has 6 nitrogen and oxygen atoms in total. The summed E-state index contributed by atoms with van der Waals surface area (Å²) in [4.78, 5) is 21.2. The van der Waals surface area contributed by atoms with Crippen LogP contribution in [0.3, 0.4) is 0 Å². The van der Waals surface area contributed by atoms with Crippen molar-refractivity contribution in [3.8, 4) is 0 Å². The lowest BCUT2D eigenvalue weighted by Gasteiger charge is -2.36. The maximum absolute atomic E-state index is 12.9. The van der Waals surface area contributed by atoms with Gasteiger partial charge in [-0.15, -0.1) is 0 Å². The lowest BCUT2D eigenvalue weighted by molar-refractivity contribution is -0.120. The molecular formula is C18H23N5O. The summed E-state index contributed by atoms with van der Waals surface area (Å²) in [7, 11) is 0. The molecule has 0 saturated carbocycles. The van der Waals surface area contributed by atoms with Crippen LogP contribution in [-0.2, 0) is 17.8 Å². The molecule has 126 valence electrons. The highest BCUT2D eigenvalue weighted by atomic mass is 16.2. The first-order valence-corrected chi connectivity index (χ1v) is 8.76. The van der Waals surface area contributed by atoms with Gasteiger partial charge in [-0.1, -0.05) is 24.6 Å². The van der Waals surface area contributed by atoms with Crippen molar-refractivity contribution >= 4 is 11.6 Å². The first kappa shape index (κ1) is 15.3. The minimum absolute atomic E-state index is 0.213. The number of hydrogen-bond acceptors (Lipinski definition) is 4. The van der Waals surface area contributed by atoms with E-state index in [0.717, 1.165) is 44.6 Å². The van der Waals surface area contributed by atoms with Crippen molar-refractivity contribution in [2.75, 3.05) is 24.5 Å². The van der Waals surface area contributed by atoms with Gasteiger partial charge in [-0.25, -0.2) is 4.98 Å². The summed E-state index contributed by atoms with van der Waals surface area (Å²) in [6.07, 6.45) is 7.78. The van der Waals surface area contributed by atoms with Crippen molar-refractivity contribution in [3.63, 3.8) is 0 Å². The van der Waals surface area contributed by atoms with Crippen molar-refractivity contribution < 1.29 is 4.79 Å².